The Morgan fingerprint density at radius 2 is 2.09 bits per heavy atom. The van der Waals surface area contributed by atoms with Gasteiger partial charge in [-0.1, -0.05) is 0 Å². The number of halogens is 3. The summed E-state index contributed by atoms with van der Waals surface area (Å²) in [6.45, 7) is 0. The third kappa shape index (κ3) is 2.03. The van der Waals surface area contributed by atoms with E-state index in [1.165, 1.54) is 0 Å². The van der Waals surface area contributed by atoms with Crippen molar-refractivity contribution in [2.75, 3.05) is 0 Å². The van der Waals surface area contributed by atoms with Crippen LogP contribution in [-0.2, 0) is 0 Å². The van der Waals surface area contributed by atoms with Crippen LogP contribution in [0.4, 0.5) is 13.2 Å². The van der Waals surface area contributed by atoms with Gasteiger partial charge in [0.05, 0.1) is 6.20 Å². The fourth-order valence-corrected chi connectivity index (χ4v) is 0.495. The zero-order valence-electron chi connectivity index (χ0n) is 5.03. The van der Waals surface area contributed by atoms with Crippen LogP contribution in [0, 0.1) is 0 Å². The van der Waals surface area contributed by atoms with Crippen molar-refractivity contribution in [3.63, 3.8) is 0 Å². The molecule has 0 aliphatic carbocycles. The first kappa shape index (κ1) is 7.70. The second-order valence-corrected chi connectivity index (χ2v) is 1.65. The monoisotopic (exact) mass is 168 g/mol. The normalized spacial score (nSPS) is 11.5. The summed E-state index contributed by atoms with van der Waals surface area (Å²) in [7, 11) is 0. The van der Waals surface area contributed by atoms with E-state index in [1.54, 1.807) is 0 Å². The van der Waals surface area contributed by atoms with Gasteiger partial charge in [-0.05, 0) is 0 Å². The van der Waals surface area contributed by atoms with Crippen LogP contribution in [0.1, 0.15) is 0 Å². The van der Waals surface area contributed by atoms with Gasteiger partial charge in [0.2, 0.25) is 5.75 Å². The van der Waals surface area contributed by atoms with E-state index in [1.807, 2.05) is 5.10 Å². The number of H-pyrrole nitrogens is 2. The molecule has 1 aromatic heterocycles. The number of aromatic nitrogens is 2. The molecule has 0 bridgehead atoms. The predicted octanol–water partition coefficient (Wildman–Crippen LogP) is 0.602. The molecule has 4 nitrogen and oxygen atoms in total. The Hall–Kier alpha value is -1.40. The maximum Gasteiger partial charge on any atom is 0.573 e. The summed E-state index contributed by atoms with van der Waals surface area (Å²) in [5.74, 6) is -0.794. The maximum absolute atomic E-state index is 11.4. The van der Waals surface area contributed by atoms with Crippen LogP contribution < -0.4 is 10.3 Å². The average Bonchev–Trinajstić information content (AvgIpc) is 2.12. The van der Waals surface area contributed by atoms with Gasteiger partial charge in [-0.15, -0.1) is 13.2 Å². The molecule has 0 aromatic carbocycles. The number of nitrogens with one attached hydrogen (secondary N) is 2. The van der Waals surface area contributed by atoms with Gasteiger partial charge in [0.1, 0.15) is 0 Å². The van der Waals surface area contributed by atoms with E-state index in [-0.39, 0.29) is 0 Å². The highest BCUT2D eigenvalue weighted by Crippen LogP contribution is 2.17. The van der Waals surface area contributed by atoms with E-state index in [4.69, 9.17) is 0 Å². The van der Waals surface area contributed by atoms with E-state index < -0.39 is 17.7 Å². The van der Waals surface area contributed by atoms with E-state index in [2.05, 4.69) is 9.84 Å². The predicted molar refractivity (Wildman–Crippen MR) is 28.1 cm³/mol. The zero-order valence-corrected chi connectivity index (χ0v) is 5.03. The molecule has 1 aromatic rings. The molecule has 1 rings (SSSR count). The van der Waals surface area contributed by atoms with Gasteiger partial charge in [-0.3, -0.25) is 9.89 Å². The van der Waals surface area contributed by atoms with E-state index in [9.17, 15) is 18.0 Å². The highest BCUT2D eigenvalue weighted by molar-refractivity contribution is 5.10. The summed E-state index contributed by atoms with van der Waals surface area (Å²) < 4.78 is 37.5. The molecule has 0 radical (unpaired) electrons. The Morgan fingerprint density at radius 1 is 1.45 bits per heavy atom. The molecular weight excluding hydrogens is 165 g/mol. The summed E-state index contributed by atoms with van der Waals surface area (Å²) in [6.07, 6.45) is -4.04. The number of aromatic amines is 2. The lowest BCUT2D eigenvalue weighted by Crippen LogP contribution is -2.20. The molecule has 0 saturated carbocycles. The van der Waals surface area contributed by atoms with Crippen molar-refractivity contribution in [3.05, 3.63) is 16.6 Å². The van der Waals surface area contributed by atoms with Gasteiger partial charge >= 0.3 is 11.9 Å². The van der Waals surface area contributed by atoms with Gasteiger partial charge in [0, 0.05) is 0 Å². The van der Waals surface area contributed by atoms with Crippen LogP contribution in [0.3, 0.4) is 0 Å². The minimum Gasteiger partial charge on any atom is -0.398 e. The van der Waals surface area contributed by atoms with Crippen LogP contribution in [0.2, 0.25) is 0 Å². The Bertz CT molecular complexity index is 286. The van der Waals surface area contributed by atoms with E-state index in [0.717, 1.165) is 6.20 Å². The van der Waals surface area contributed by atoms with E-state index >= 15 is 0 Å². The molecule has 0 atom stereocenters. The summed E-state index contributed by atoms with van der Waals surface area (Å²) in [5, 5.41) is 3.94. The molecule has 7 heteroatoms. The summed E-state index contributed by atoms with van der Waals surface area (Å²) in [6, 6.07) is 0. The first-order chi connectivity index (χ1) is 4.99. The number of hydrogen-bond donors (Lipinski definition) is 2. The summed E-state index contributed by atoms with van der Waals surface area (Å²) in [5.41, 5.74) is -0.942. The van der Waals surface area contributed by atoms with Crippen molar-refractivity contribution in [2.24, 2.45) is 0 Å². The van der Waals surface area contributed by atoms with Gasteiger partial charge in [-0.25, -0.2) is 0 Å². The van der Waals surface area contributed by atoms with E-state index in [0.29, 0.717) is 0 Å². The Balaban J connectivity index is 2.80. The summed E-state index contributed by atoms with van der Waals surface area (Å²) in [4.78, 5) is 10.4. The molecule has 2 N–H and O–H groups in total. The Morgan fingerprint density at radius 3 is 2.45 bits per heavy atom. The zero-order chi connectivity index (χ0) is 8.48. The number of hydrogen-bond acceptors (Lipinski definition) is 2. The molecule has 0 aliphatic heterocycles. The van der Waals surface area contributed by atoms with Crippen molar-refractivity contribution >= 4 is 0 Å². The summed E-state index contributed by atoms with van der Waals surface area (Å²) >= 11 is 0. The molecule has 1 heterocycles. The molecule has 0 amide bonds. The molecule has 0 spiro atoms. The van der Waals surface area contributed by atoms with Crippen molar-refractivity contribution in [3.8, 4) is 5.75 Å². The fourth-order valence-electron chi connectivity index (χ4n) is 0.495. The molecule has 0 saturated heterocycles. The highest BCUT2D eigenvalue weighted by atomic mass is 19.4. The first-order valence-corrected chi connectivity index (χ1v) is 2.51. The Kier molecular flexibility index (Phi) is 1.63. The molecule has 0 aliphatic rings. The van der Waals surface area contributed by atoms with Gasteiger partial charge in [-0.2, -0.15) is 0 Å². The number of rotatable bonds is 1. The first-order valence-electron chi connectivity index (χ1n) is 2.51. The smallest absolute Gasteiger partial charge is 0.398 e. The third-order valence-electron chi connectivity index (χ3n) is 0.838. The molecule has 11 heavy (non-hydrogen) atoms. The van der Waals surface area contributed by atoms with Gasteiger partial charge < -0.3 is 9.84 Å². The standard InChI is InChI=1S/C4H3F3N2O2/c5-4(6,7)11-2-1-8-9-3(2)10/h1H,(H2,8,9,10). The lowest BCUT2D eigenvalue weighted by Gasteiger charge is -2.03. The van der Waals surface area contributed by atoms with Gasteiger partial charge in [0.25, 0.3) is 0 Å². The topological polar surface area (TPSA) is 57.9 Å². The molecule has 0 unspecified atom stereocenters. The minimum absolute atomic E-state index is 0.788. The molecular formula is C4H3F3N2O2. The third-order valence-corrected chi connectivity index (χ3v) is 0.838. The average molecular weight is 168 g/mol. The van der Waals surface area contributed by atoms with Crippen molar-refractivity contribution in [1.82, 2.24) is 10.2 Å². The number of ether oxygens (including phenoxy) is 1. The van der Waals surface area contributed by atoms with Crippen LogP contribution in [0.5, 0.6) is 5.75 Å². The fraction of sp³-hybridized carbons (Fsp3) is 0.250. The van der Waals surface area contributed by atoms with Crippen LogP contribution in [-0.4, -0.2) is 16.6 Å². The Labute approximate surface area is 58.0 Å². The van der Waals surface area contributed by atoms with Crippen molar-refractivity contribution in [2.45, 2.75) is 6.36 Å². The SMILES string of the molecule is O=c1[nH][nH]cc1OC(F)(F)F. The van der Waals surface area contributed by atoms with Crippen LogP contribution in [0.15, 0.2) is 11.0 Å². The van der Waals surface area contributed by atoms with Crippen molar-refractivity contribution < 1.29 is 17.9 Å². The van der Waals surface area contributed by atoms with Crippen molar-refractivity contribution in [1.29, 1.82) is 0 Å². The second kappa shape index (κ2) is 2.33. The molecule has 0 fully saturated rings. The highest BCUT2D eigenvalue weighted by Gasteiger charge is 2.32. The quantitative estimate of drug-likeness (QED) is 0.645. The largest absolute Gasteiger partial charge is 0.573 e. The molecule has 62 valence electrons. The number of alkyl halides is 3. The minimum atomic E-state index is -4.82. The van der Waals surface area contributed by atoms with Crippen LogP contribution >= 0.6 is 0 Å². The second-order valence-electron chi connectivity index (χ2n) is 1.65. The van der Waals surface area contributed by atoms with Crippen LogP contribution in [0.25, 0.3) is 0 Å². The lowest BCUT2D eigenvalue weighted by molar-refractivity contribution is -0.275. The maximum atomic E-state index is 11.4. The lowest BCUT2D eigenvalue weighted by atomic mass is 10.6. The van der Waals surface area contributed by atoms with Gasteiger partial charge in [0.15, 0.2) is 0 Å².